The number of carbonyl (C=O) groups excluding carboxylic acids is 2. The topological polar surface area (TPSA) is 106 Å². The lowest BCUT2D eigenvalue weighted by molar-refractivity contribution is -0.200. The van der Waals surface area contributed by atoms with E-state index in [9.17, 15) is 19.5 Å². The van der Waals surface area contributed by atoms with Gasteiger partial charge in [-0.1, -0.05) is 42.5 Å². The number of aliphatic carboxylic acids is 1. The van der Waals surface area contributed by atoms with Crippen molar-refractivity contribution in [3.63, 3.8) is 0 Å². The standard InChI is InChI=1S/C30H40N2O7/c1-30(2,3)39-29(36)31-17-15-23(16-18-31)10-7-19-37-26-13-11-24(12-14-26)20-27(28(34)35)32(22-33)38-21-25-8-5-4-6-9-25/h4-6,8-9,11-14,22-23,27H,7,10,15-21H2,1-3H3,(H,34,35)/t27-/m0/s1. The fourth-order valence-corrected chi connectivity index (χ4v) is 4.44. The van der Waals surface area contributed by atoms with Gasteiger partial charge >= 0.3 is 12.1 Å². The molecule has 2 aromatic carbocycles. The van der Waals surface area contributed by atoms with E-state index >= 15 is 0 Å². The lowest BCUT2D eigenvalue weighted by Crippen LogP contribution is -2.41. The maximum Gasteiger partial charge on any atom is 0.410 e. The number of hydrogen-bond acceptors (Lipinski definition) is 6. The summed E-state index contributed by atoms with van der Waals surface area (Å²) in [7, 11) is 0. The molecule has 0 bridgehead atoms. The lowest BCUT2D eigenvalue weighted by atomic mass is 9.92. The first-order chi connectivity index (χ1) is 18.6. The van der Waals surface area contributed by atoms with Crippen LogP contribution in [0.2, 0.25) is 0 Å². The van der Waals surface area contributed by atoms with Gasteiger partial charge in [0.25, 0.3) is 0 Å². The molecule has 1 atom stereocenters. The van der Waals surface area contributed by atoms with Crippen LogP contribution in [0.15, 0.2) is 54.6 Å². The third-order valence-corrected chi connectivity index (χ3v) is 6.56. The Morgan fingerprint density at radius 2 is 1.72 bits per heavy atom. The van der Waals surface area contributed by atoms with E-state index in [1.54, 1.807) is 17.0 Å². The van der Waals surface area contributed by atoms with E-state index in [-0.39, 0.29) is 19.1 Å². The normalized spacial score (nSPS) is 14.9. The number of carboxylic acid groups (broad SMARTS) is 1. The van der Waals surface area contributed by atoms with Crippen molar-refractivity contribution >= 4 is 18.5 Å². The number of benzene rings is 2. The summed E-state index contributed by atoms with van der Waals surface area (Å²) >= 11 is 0. The summed E-state index contributed by atoms with van der Waals surface area (Å²) in [5.41, 5.74) is 1.11. The van der Waals surface area contributed by atoms with Crippen molar-refractivity contribution in [1.29, 1.82) is 0 Å². The number of hydroxylamine groups is 2. The monoisotopic (exact) mass is 540 g/mol. The number of rotatable bonds is 13. The molecule has 3 rings (SSSR count). The van der Waals surface area contributed by atoms with Crippen LogP contribution in [0.25, 0.3) is 0 Å². The second-order valence-electron chi connectivity index (χ2n) is 10.8. The van der Waals surface area contributed by atoms with Crippen molar-refractivity contribution in [3.05, 3.63) is 65.7 Å². The molecule has 0 spiro atoms. The van der Waals surface area contributed by atoms with Gasteiger partial charge in [0, 0.05) is 19.5 Å². The number of carboxylic acids is 1. The Balaban J connectivity index is 1.39. The zero-order chi connectivity index (χ0) is 28.3. The predicted octanol–water partition coefficient (Wildman–Crippen LogP) is 5.08. The molecule has 1 aliphatic rings. The summed E-state index contributed by atoms with van der Waals surface area (Å²) in [4.78, 5) is 42.9. The second-order valence-corrected chi connectivity index (χ2v) is 10.8. The number of ether oxygens (including phenoxy) is 2. The largest absolute Gasteiger partial charge is 0.494 e. The number of carbonyl (C=O) groups is 3. The zero-order valence-corrected chi connectivity index (χ0v) is 23.1. The summed E-state index contributed by atoms with van der Waals surface area (Å²) in [6.07, 6.45) is 4.14. The van der Waals surface area contributed by atoms with Gasteiger partial charge in [0.2, 0.25) is 6.41 Å². The molecule has 1 N–H and O–H groups in total. The molecule has 9 nitrogen and oxygen atoms in total. The molecule has 1 fully saturated rings. The van der Waals surface area contributed by atoms with Crippen LogP contribution >= 0.6 is 0 Å². The van der Waals surface area contributed by atoms with Crippen molar-refractivity contribution in [3.8, 4) is 5.75 Å². The Morgan fingerprint density at radius 3 is 2.31 bits per heavy atom. The second kappa shape index (κ2) is 14.5. The van der Waals surface area contributed by atoms with Gasteiger partial charge in [0.15, 0.2) is 6.04 Å². The van der Waals surface area contributed by atoms with Gasteiger partial charge in [-0.2, -0.15) is 0 Å². The summed E-state index contributed by atoms with van der Waals surface area (Å²) in [6.45, 7) is 7.75. The molecular weight excluding hydrogens is 500 g/mol. The highest BCUT2D eigenvalue weighted by molar-refractivity contribution is 5.76. The van der Waals surface area contributed by atoms with Gasteiger partial charge in [0.1, 0.15) is 18.0 Å². The van der Waals surface area contributed by atoms with Crippen LogP contribution in [0.3, 0.4) is 0 Å². The number of amides is 2. The van der Waals surface area contributed by atoms with E-state index in [1.807, 2.05) is 63.2 Å². The van der Waals surface area contributed by atoms with Crippen molar-refractivity contribution in [2.24, 2.45) is 5.92 Å². The third kappa shape index (κ3) is 10.2. The molecule has 2 amide bonds. The van der Waals surface area contributed by atoms with Crippen LogP contribution in [0, 0.1) is 5.92 Å². The quantitative estimate of drug-likeness (QED) is 0.215. The summed E-state index contributed by atoms with van der Waals surface area (Å²) < 4.78 is 11.3. The average Bonchev–Trinajstić information content (AvgIpc) is 2.91. The maximum atomic E-state index is 12.2. The van der Waals surface area contributed by atoms with E-state index in [0.29, 0.717) is 24.7 Å². The van der Waals surface area contributed by atoms with Crippen LogP contribution in [-0.2, 0) is 32.2 Å². The summed E-state index contributed by atoms with van der Waals surface area (Å²) in [5.74, 6) is 0.123. The smallest absolute Gasteiger partial charge is 0.410 e. The minimum absolute atomic E-state index is 0.0962. The third-order valence-electron chi connectivity index (χ3n) is 6.56. The molecule has 0 aromatic heterocycles. The molecule has 0 unspecified atom stereocenters. The Kier molecular flexibility index (Phi) is 11.2. The first-order valence-electron chi connectivity index (χ1n) is 13.5. The Morgan fingerprint density at radius 1 is 1.05 bits per heavy atom. The maximum absolute atomic E-state index is 12.2. The Bertz CT molecular complexity index is 1050. The Hall–Kier alpha value is -3.59. The average molecular weight is 541 g/mol. The van der Waals surface area contributed by atoms with Crippen LogP contribution < -0.4 is 4.74 Å². The minimum atomic E-state index is -1.15. The highest BCUT2D eigenvalue weighted by Crippen LogP contribution is 2.24. The van der Waals surface area contributed by atoms with Crippen molar-refractivity contribution in [1.82, 2.24) is 9.96 Å². The Labute approximate surface area is 230 Å². The van der Waals surface area contributed by atoms with E-state index < -0.39 is 17.6 Å². The SMILES string of the molecule is CC(C)(C)OC(=O)N1CCC(CCCOc2ccc(C[C@@H](C(=O)O)N(C=O)OCc3ccccc3)cc2)CC1. The van der Waals surface area contributed by atoms with E-state index in [1.165, 1.54) is 0 Å². The summed E-state index contributed by atoms with van der Waals surface area (Å²) in [6, 6.07) is 15.3. The fourth-order valence-electron chi connectivity index (χ4n) is 4.44. The van der Waals surface area contributed by atoms with E-state index in [4.69, 9.17) is 14.3 Å². The molecule has 39 heavy (non-hydrogen) atoms. The first kappa shape index (κ1) is 30.0. The molecular formula is C30H40N2O7. The van der Waals surface area contributed by atoms with Crippen molar-refractivity contribution in [2.45, 2.75) is 71.1 Å². The van der Waals surface area contributed by atoms with Crippen molar-refractivity contribution < 1.29 is 33.8 Å². The molecule has 9 heteroatoms. The predicted molar refractivity (Wildman–Crippen MR) is 146 cm³/mol. The van der Waals surface area contributed by atoms with Crippen LogP contribution in [0.1, 0.15) is 57.6 Å². The minimum Gasteiger partial charge on any atom is -0.494 e. The zero-order valence-electron chi connectivity index (χ0n) is 23.1. The van der Waals surface area contributed by atoms with Gasteiger partial charge in [-0.3, -0.25) is 9.63 Å². The lowest BCUT2D eigenvalue weighted by Gasteiger charge is -2.33. The van der Waals surface area contributed by atoms with E-state index in [0.717, 1.165) is 55.0 Å². The van der Waals surface area contributed by atoms with Gasteiger partial charge in [-0.05, 0) is 75.6 Å². The summed E-state index contributed by atoms with van der Waals surface area (Å²) in [5, 5.41) is 10.6. The molecule has 1 heterocycles. The highest BCUT2D eigenvalue weighted by atomic mass is 16.7. The van der Waals surface area contributed by atoms with Gasteiger partial charge in [0.05, 0.1) is 6.61 Å². The molecule has 1 aliphatic heterocycles. The van der Waals surface area contributed by atoms with Gasteiger partial charge in [-0.25, -0.2) is 14.7 Å². The molecule has 0 aliphatic carbocycles. The number of hydrogen-bond donors (Lipinski definition) is 1. The first-order valence-corrected chi connectivity index (χ1v) is 13.5. The van der Waals surface area contributed by atoms with Gasteiger partial charge < -0.3 is 19.5 Å². The number of nitrogens with zero attached hydrogens (tertiary/aromatic N) is 2. The van der Waals surface area contributed by atoms with Crippen LogP contribution in [0.4, 0.5) is 4.79 Å². The highest BCUT2D eigenvalue weighted by Gasteiger charge is 2.27. The number of likely N-dealkylation sites (tertiary alicyclic amines) is 1. The van der Waals surface area contributed by atoms with Gasteiger partial charge in [-0.15, -0.1) is 0 Å². The van der Waals surface area contributed by atoms with Crippen LogP contribution in [-0.4, -0.2) is 64.9 Å². The number of piperidine rings is 1. The molecule has 0 radical (unpaired) electrons. The molecule has 212 valence electrons. The molecule has 0 saturated carbocycles. The van der Waals surface area contributed by atoms with Crippen LogP contribution in [0.5, 0.6) is 5.75 Å². The fraction of sp³-hybridized carbons (Fsp3) is 0.500. The van der Waals surface area contributed by atoms with E-state index in [2.05, 4.69) is 0 Å². The molecule has 1 saturated heterocycles. The van der Waals surface area contributed by atoms with Crippen molar-refractivity contribution in [2.75, 3.05) is 19.7 Å². The molecule has 2 aromatic rings.